The topological polar surface area (TPSA) is 43.1 Å². The number of nitrogens with zero attached hydrogens (tertiary/aromatic N) is 1. The van der Waals surface area contributed by atoms with E-state index in [4.69, 9.17) is 4.42 Å². The number of aryl methyl sites for hydroxylation is 2. The Balaban J connectivity index is 2.69. The Morgan fingerprint density at radius 3 is 2.54 bits per heavy atom. The molecule has 3 nitrogen and oxygen atoms in total. The molecule has 0 saturated heterocycles. The third kappa shape index (κ3) is 2.59. The maximum Gasteiger partial charge on any atom is 0.256 e. The number of ketones is 1. The van der Waals surface area contributed by atoms with Crippen LogP contribution in [0.25, 0.3) is 0 Å². The second-order valence-electron chi connectivity index (χ2n) is 2.99. The van der Waals surface area contributed by atoms with Crippen LogP contribution in [0.5, 0.6) is 0 Å². The molecule has 0 aromatic carbocycles. The van der Waals surface area contributed by atoms with Gasteiger partial charge in [0.1, 0.15) is 11.5 Å². The average molecular weight is 199 g/mol. The molecule has 1 rings (SSSR count). The monoisotopic (exact) mass is 199 g/mol. The van der Waals surface area contributed by atoms with Crippen LogP contribution in [-0.4, -0.2) is 16.0 Å². The van der Waals surface area contributed by atoms with Crippen molar-refractivity contribution in [2.45, 2.75) is 38.2 Å². The Bertz CT molecular complexity index is 300. The van der Waals surface area contributed by atoms with Gasteiger partial charge < -0.3 is 4.42 Å². The number of rotatable bonds is 3. The van der Waals surface area contributed by atoms with Crippen LogP contribution in [0.1, 0.15) is 25.3 Å². The van der Waals surface area contributed by atoms with Crippen molar-refractivity contribution in [3.63, 3.8) is 0 Å². The normalized spacial score (nSPS) is 12.9. The lowest BCUT2D eigenvalue weighted by molar-refractivity contribution is -0.116. The lowest BCUT2D eigenvalue weighted by Gasteiger charge is -2.01. The van der Waals surface area contributed by atoms with E-state index in [0.29, 0.717) is 5.22 Å². The molecule has 0 radical (unpaired) electrons. The van der Waals surface area contributed by atoms with Gasteiger partial charge in [0.25, 0.3) is 5.22 Å². The fourth-order valence-corrected chi connectivity index (χ4v) is 1.56. The molecule has 0 amide bonds. The van der Waals surface area contributed by atoms with Crippen LogP contribution in [0.3, 0.4) is 0 Å². The number of Topliss-reactive ketones (excluding diaryl/α,β-unsaturated/α-hetero) is 1. The molecule has 4 heteroatoms. The maximum atomic E-state index is 10.9. The molecule has 0 aliphatic heterocycles. The highest BCUT2D eigenvalue weighted by Gasteiger charge is 2.14. The summed E-state index contributed by atoms with van der Waals surface area (Å²) in [7, 11) is 0. The molecule has 1 unspecified atom stereocenters. The number of carbonyl (C=O) groups excluding carboxylic acids is 1. The van der Waals surface area contributed by atoms with Crippen LogP contribution in [0, 0.1) is 13.8 Å². The van der Waals surface area contributed by atoms with Gasteiger partial charge >= 0.3 is 0 Å². The summed E-state index contributed by atoms with van der Waals surface area (Å²) in [6.07, 6.45) is 0. The quantitative estimate of drug-likeness (QED) is 0.701. The number of oxazole rings is 1. The van der Waals surface area contributed by atoms with Crippen LogP contribution in [0.2, 0.25) is 0 Å². The van der Waals surface area contributed by atoms with Gasteiger partial charge in [0.15, 0.2) is 0 Å². The first-order chi connectivity index (χ1) is 6.00. The highest BCUT2D eigenvalue weighted by Crippen LogP contribution is 2.24. The second kappa shape index (κ2) is 3.96. The largest absolute Gasteiger partial charge is 0.437 e. The van der Waals surface area contributed by atoms with Gasteiger partial charge in [0, 0.05) is 0 Å². The van der Waals surface area contributed by atoms with Gasteiger partial charge in [-0.3, -0.25) is 4.79 Å². The van der Waals surface area contributed by atoms with Crippen molar-refractivity contribution in [2.24, 2.45) is 0 Å². The molecule has 0 fully saturated rings. The molecule has 1 aromatic heterocycles. The fraction of sp³-hybridized carbons (Fsp3) is 0.556. The average Bonchev–Trinajstić information content (AvgIpc) is 2.31. The standard InChI is InChI=1S/C9H13NO2S/c1-5-7(3)12-9(10-5)13-8(4)6(2)11/h8H,1-4H3. The molecular formula is C9H13NO2S. The lowest BCUT2D eigenvalue weighted by Crippen LogP contribution is -2.07. The zero-order valence-electron chi connectivity index (χ0n) is 8.25. The minimum atomic E-state index is -0.0857. The van der Waals surface area contributed by atoms with Gasteiger partial charge in [-0.15, -0.1) is 0 Å². The van der Waals surface area contributed by atoms with Crippen molar-refractivity contribution in [3.8, 4) is 0 Å². The van der Waals surface area contributed by atoms with Crippen molar-refractivity contribution in [1.82, 2.24) is 4.98 Å². The van der Waals surface area contributed by atoms with E-state index in [1.54, 1.807) is 6.92 Å². The Kier molecular flexibility index (Phi) is 3.14. The van der Waals surface area contributed by atoms with Crippen LogP contribution in [0.4, 0.5) is 0 Å². The number of aromatic nitrogens is 1. The molecule has 13 heavy (non-hydrogen) atoms. The van der Waals surface area contributed by atoms with Crippen LogP contribution < -0.4 is 0 Å². The van der Waals surface area contributed by atoms with Gasteiger partial charge in [-0.05, 0) is 27.7 Å². The van der Waals surface area contributed by atoms with E-state index < -0.39 is 0 Å². The first-order valence-electron chi connectivity index (χ1n) is 4.12. The van der Waals surface area contributed by atoms with Gasteiger partial charge in [0.2, 0.25) is 0 Å². The summed E-state index contributed by atoms with van der Waals surface area (Å²) in [4.78, 5) is 15.1. The van der Waals surface area contributed by atoms with E-state index >= 15 is 0 Å². The molecule has 1 aromatic rings. The molecule has 1 heterocycles. The van der Waals surface area contributed by atoms with E-state index in [0.717, 1.165) is 11.5 Å². The molecule has 0 aliphatic carbocycles. The smallest absolute Gasteiger partial charge is 0.256 e. The zero-order valence-corrected chi connectivity index (χ0v) is 9.07. The van der Waals surface area contributed by atoms with Crippen molar-refractivity contribution >= 4 is 17.5 Å². The highest BCUT2D eigenvalue weighted by atomic mass is 32.2. The van der Waals surface area contributed by atoms with Crippen molar-refractivity contribution < 1.29 is 9.21 Å². The molecule has 0 bridgehead atoms. The first kappa shape index (κ1) is 10.3. The van der Waals surface area contributed by atoms with E-state index in [9.17, 15) is 4.79 Å². The Morgan fingerprint density at radius 2 is 2.15 bits per heavy atom. The summed E-state index contributed by atoms with van der Waals surface area (Å²) in [6, 6.07) is 0. The van der Waals surface area contributed by atoms with E-state index in [1.807, 2.05) is 20.8 Å². The van der Waals surface area contributed by atoms with Crippen molar-refractivity contribution in [2.75, 3.05) is 0 Å². The molecule has 0 spiro atoms. The second-order valence-corrected chi connectivity index (χ2v) is 4.28. The molecule has 72 valence electrons. The number of carbonyl (C=O) groups is 1. The number of hydrogen-bond donors (Lipinski definition) is 0. The molecule has 0 N–H and O–H groups in total. The Labute approximate surface area is 81.9 Å². The van der Waals surface area contributed by atoms with Gasteiger partial charge in [0.05, 0.1) is 10.9 Å². The highest BCUT2D eigenvalue weighted by molar-refractivity contribution is 8.00. The SMILES string of the molecule is CC(=O)C(C)Sc1nc(C)c(C)o1. The minimum absolute atomic E-state index is 0.0857. The number of hydrogen-bond acceptors (Lipinski definition) is 4. The van der Waals surface area contributed by atoms with Crippen LogP contribution in [0.15, 0.2) is 9.64 Å². The van der Waals surface area contributed by atoms with Gasteiger partial charge in [-0.1, -0.05) is 11.8 Å². The lowest BCUT2D eigenvalue weighted by atomic mass is 10.3. The first-order valence-corrected chi connectivity index (χ1v) is 5.00. The summed E-state index contributed by atoms with van der Waals surface area (Å²) in [6.45, 7) is 7.17. The van der Waals surface area contributed by atoms with Gasteiger partial charge in [-0.25, -0.2) is 4.98 Å². The molecule has 1 atom stereocenters. The van der Waals surface area contributed by atoms with E-state index in [1.165, 1.54) is 11.8 Å². The van der Waals surface area contributed by atoms with Crippen LogP contribution in [-0.2, 0) is 4.79 Å². The summed E-state index contributed by atoms with van der Waals surface area (Å²) in [5.41, 5.74) is 0.887. The summed E-state index contributed by atoms with van der Waals surface area (Å²) in [5.74, 6) is 0.955. The van der Waals surface area contributed by atoms with E-state index in [-0.39, 0.29) is 11.0 Å². The van der Waals surface area contributed by atoms with Crippen LogP contribution >= 0.6 is 11.8 Å². The third-order valence-corrected chi connectivity index (χ3v) is 2.92. The fourth-order valence-electron chi connectivity index (χ4n) is 0.728. The van der Waals surface area contributed by atoms with Gasteiger partial charge in [-0.2, -0.15) is 0 Å². The summed E-state index contributed by atoms with van der Waals surface area (Å²) >= 11 is 1.36. The predicted molar refractivity (Wildman–Crippen MR) is 52.0 cm³/mol. The Hall–Kier alpha value is -0.770. The summed E-state index contributed by atoms with van der Waals surface area (Å²) in [5, 5.41) is 0.496. The zero-order chi connectivity index (χ0) is 10.0. The maximum absolute atomic E-state index is 10.9. The minimum Gasteiger partial charge on any atom is -0.437 e. The number of thioether (sulfide) groups is 1. The molecule has 0 saturated carbocycles. The summed E-state index contributed by atoms with van der Waals surface area (Å²) < 4.78 is 5.33. The molecular weight excluding hydrogens is 186 g/mol. The Morgan fingerprint density at radius 1 is 1.54 bits per heavy atom. The van der Waals surface area contributed by atoms with Crippen molar-refractivity contribution in [3.05, 3.63) is 11.5 Å². The van der Waals surface area contributed by atoms with Crippen molar-refractivity contribution in [1.29, 1.82) is 0 Å². The third-order valence-electron chi connectivity index (χ3n) is 1.86. The molecule has 0 aliphatic rings. The predicted octanol–water partition coefficient (Wildman–Crippen LogP) is 2.36. The van der Waals surface area contributed by atoms with E-state index in [2.05, 4.69) is 4.98 Å².